The van der Waals surface area contributed by atoms with Crippen molar-refractivity contribution >= 4 is 46.4 Å². The number of nitrogens with zero attached hydrogens (tertiary/aromatic N) is 2. The van der Waals surface area contributed by atoms with Gasteiger partial charge in [-0.15, -0.1) is 0 Å². The van der Waals surface area contributed by atoms with Crippen LogP contribution in [0.2, 0.25) is 0 Å². The Kier molecular flexibility index (Phi) is 3.03. The van der Waals surface area contributed by atoms with Gasteiger partial charge in [-0.2, -0.15) is 5.10 Å². The van der Waals surface area contributed by atoms with Crippen molar-refractivity contribution in [2.75, 3.05) is 0 Å². The highest BCUT2D eigenvalue weighted by Crippen LogP contribution is 2.34. The van der Waals surface area contributed by atoms with E-state index in [1.165, 1.54) is 0 Å². The molecule has 0 saturated heterocycles. The number of hydrogen-bond acceptors (Lipinski definition) is 2. The van der Waals surface area contributed by atoms with Gasteiger partial charge in [0.05, 0.1) is 0 Å². The van der Waals surface area contributed by atoms with Crippen molar-refractivity contribution in [3.05, 3.63) is 11.6 Å². The molecule has 0 bridgehead atoms. The lowest BCUT2D eigenvalue weighted by molar-refractivity contribution is 0.847. The summed E-state index contributed by atoms with van der Waals surface area (Å²) in [5.74, 6) is 0.566. The van der Waals surface area contributed by atoms with Crippen LogP contribution in [0.25, 0.3) is 0 Å². The Morgan fingerprint density at radius 2 is 1.62 bits per heavy atom. The fraction of sp³-hybridized carbons (Fsp3) is 0.667. The number of hydrogen-bond donors (Lipinski definition) is 1. The molecule has 0 aliphatic rings. The van der Waals surface area contributed by atoms with Gasteiger partial charge in [-0.1, -0.05) is 46.4 Å². The van der Waals surface area contributed by atoms with Crippen LogP contribution in [0, 0.1) is 0 Å². The van der Waals surface area contributed by atoms with Crippen molar-refractivity contribution in [3.63, 3.8) is 0 Å². The summed E-state index contributed by atoms with van der Waals surface area (Å²) in [5, 5.41) is 6.34. The summed E-state index contributed by atoms with van der Waals surface area (Å²) in [6, 6.07) is 0. The first-order valence-electron chi connectivity index (χ1n) is 3.40. The van der Waals surface area contributed by atoms with E-state index < -0.39 is 8.67 Å². The van der Waals surface area contributed by atoms with Gasteiger partial charge in [0.25, 0.3) is 0 Å². The molecular weight excluding hydrogens is 256 g/mol. The number of H-pyrrole nitrogens is 1. The second-order valence-electron chi connectivity index (χ2n) is 2.78. The first-order chi connectivity index (χ1) is 5.71. The maximum Gasteiger partial charge on any atom is 0.186 e. The molecule has 1 N–H and O–H groups in total. The molecule has 0 unspecified atom stereocenters. The Balaban J connectivity index is 3.01. The minimum atomic E-state index is -1.15. The maximum absolute atomic E-state index is 5.77. The Labute approximate surface area is 95.7 Å². The summed E-state index contributed by atoms with van der Waals surface area (Å²) in [4.78, 5) is 3.96. The molecule has 74 valence electrons. The second kappa shape index (κ2) is 3.46. The van der Waals surface area contributed by atoms with Crippen molar-refractivity contribution in [1.82, 2.24) is 15.2 Å². The summed E-state index contributed by atoms with van der Waals surface area (Å²) in [7, 11) is 0. The first-order valence-corrected chi connectivity index (χ1v) is 4.91. The van der Waals surface area contributed by atoms with Gasteiger partial charge in [0.15, 0.2) is 20.3 Å². The lowest BCUT2D eigenvalue weighted by Crippen LogP contribution is -2.09. The molecule has 1 rings (SSSR count). The molecule has 7 heteroatoms. The van der Waals surface area contributed by atoms with Crippen LogP contribution in [0.3, 0.4) is 0 Å². The van der Waals surface area contributed by atoms with Gasteiger partial charge >= 0.3 is 0 Å². The number of nitrogens with one attached hydrogen (secondary N) is 1. The largest absolute Gasteiger partial charge is 0.260 e. The lowest BCUT2D eigenvalue weighted by atomic mass is 10.4. The Morgan fingerprint density at radius 1 is 1.08 bits per heavy atom. The number of rotatable bonds is 2. The van der Waals surface area contributed by atoms with E-state index in [4.69, 9.17) is 46.4 Å². The molecule has 0 fully saturated rings. The van der Waals surface area contributed by atoms with Crippen LogP contribution in [0.15, 0.2) is 0 Å². The third kappa shape index (κ3) is 2.88. The van der Waals surface area contributed by atoms with Gasteiger partial charge < -0.3 is 0 Å². The quantitative estimate of drug-likeness (QED) is 0.833. The van der Waals surface area contributed by atoms with E-state index in [1.807, 2.05) is 0 Å². The zero-order valence-electron chi connectivity index (χ0n) is 6.91. The van der Waals surface area contributed by atoms with Crippen molar-refractivity contribution in [1.29, 1.82) is 0 Å². The molecule has 13 heavy (non-hydrogen) atoms. The Hall–Kier alpha value is 0.300. The molecule has 0 aliphatic carbocycles. The molecule has 0 atom stereocenters. The molecule has 1 heterocycles. The van der Waals surface area contributed by atoms with E-state index in [1.54, 1.807) is 13.8 Å². The fourth-order valence-corrected chi connectivity index (χ4v) is 0.993. The summed E-state index contributed by atoms with van der Waals surface area (Å²) in [6.45, 7) is 3.13. The van der Waals surface area contributed by atoms with Crippen molar-refractivity contribution in [2.45, 2.75) is 22.5 Å². The molecule has 0 aliphatic heterocycles. The van der Waals surface area contributed by atoms with Gasteiger partial charge in [0.2, 0.25) is 0 Å². The van der Waals surface area contributed by atoms with Gasteiger partial charge in [0, 0.05) is 0 Å². The van der Waals surface area contributed by atoms with E-state index in [9.17, 15) is 0 Å². The van der Waals surface area contributed by atoms with Crippen LogP contribution in [0.4, 0.5) is 0 Å². The van der Waals surface area contributed by atoms with Crippen LogP contribution in [0.5, 0.6) is 0 Å². The van der Waals surface area contributed by atoms with Crippen LogP contribution in [-0.4, -0.2) is 15.2 Å². The average Bonchev–Trinajstić information content (AvgIpc) is 2.28. The molecule has 0 aromatic carbocycles. The zero-order valence-corrected chi connectivity index (χ0v) is 9.93. The SMILES string of the molecule is CC(Cl)(Cl)c1n[nH]c(C(C)(Cl)Cl)n1. The van der Waals surface area contributed by atoms with Crippen LogP contribution in [-0.2, 0) is 8.67 Å². The normalized spacial score (nSPS) is 13.4. The molecule has 0 saturated carbocycles. The minimum absolute atomic E-state index is 0.248. The maximum atomic E-state index is 5.77. The summed E-state index contributed by atoms with van der Waals surface area (Å²) >= 11 is 23.0. The minimum Gasteiger partial charge on any atom is -0.260 e. The second-order valence-corrected chi connectivity index (χ2v) is 6.20. The Bertz CT molecular complexity index is 267. The van der Waals surface area contributed by atoms with E-state index in [0.717, 1.165) is 0 Å². The standard InChI is InChI=1S/C6H7Cl4N3/c1-5(7,8)3-11-4(13-12-3)6(2,9)10/h1-2H3,(H,11,12,13). The van der Waals surface area contributed by atoms with Gasteiger partial charge in [-0.3, -0.25) is 5.10 Å². The van der Waals surface area contributed by atoms with E-state index in [2.05, 4.69) is 15.2 Å². The summed E-state index contributed by atoms with van der Waals surface area (Å²) in [6.07, 6.45) is 0. The van der Waals surface area contributed by atoms with E-state index >= 15 is 0 Å². The molecule has 3 nitrogen and oxygen atoms in total. The van der Waals surface area contributed by atoms with E-state index in [-0.39, 0.29) is 5.82 Å². The van der Waals surface area contributed by atoms with Crippen LogP contribution in [0.1, 0.15) is 25.5 Å². The number of halogens is 4. The third-order valence-corrected chi connectivity index (χ3v) is 1.99. The molecule has 0 spiro atoms. The zero-order chi connectivity index (χ0) is 10.3. The molecular formula is C6H7Cl4N3. The predicted molar refractivity (Wildman–Crippen MR) is 54.5 cm³/mol. The number of aromatic amines is 1. The summed E-state index contributed by atoms with van der Waals surface area (Å²) < 4.78 is -2.27. The fourth-order valence-electron chi connectivity index (χ4n) is 0.654. The highest BCUT2D eigenvalue weighted by Gasteiger charge is 2.30. The summed E-state index contributed by atoms with van der Waals surface area (Å²) in [5.41, 5.74) is 0. The van der Waals surface area contributed by atoms with Crippen molar-refractivity contribution < 1.29 is 0 Å². The smallest absolute Gasteiger partial charge is 0.186 e. The highest BCUT2D eigenvalue weighted by molar-refractivity contribution is 6.48. The van der Waals surface area contributed by atoms with Crippen molar-refractivity contribution in [2.24, 2.45) is 0 Å². The number of alkyl halides is 4. The van der Waals surface area contributed by atoms with E-state index in [0.29, 0.717) is 5.82 Å². The number of aromatic nitrogens is 3. The third-order valence-electron chi connectivity index (χ3n) is 1.29. The van der Waals surface area contributed by atoms with Gasteiger partial charge in [0.1, 0.15) is 0 Å². The van der Waals surface area contributed by atoms with Crippen LogP contribution >= 0.6 is 46.4 Å². The highest BCUT2D eigenvalue weighted by atomic mass is 35.5. The Morgan fingerprint density at radius 3 is 1.85 bits per heavy atom. The predicted octanol–water partition coefficient (Wildman–Crippen LogP) is 3.11. The first kappa shape index (κ1) is 11.4. The monoisotopic (exact) mass is 261 g/mol. The van der Waals surface area contributed by atoms with Crippen LogP contribution < -0.4 is 0 Å². The lowest BCUT2D eigenvalue weighted by Gasteiger charge is -2.08. The van der Waals surface area contributed by atoms with Gasteiger partial charge in [-0.25, -0.2) is 4.98 Å². The molecule has 0 radical (unpaired) electrons. The topological polar surface area (TPSA) is 41.6 Å². The van der Waals surface area contributed by atoms with Crippen molar-refractivity contribution in [3.8, 4) is 0 Å². The molecule has 1 aromatic rings. The molecule has 1 aromatic heterocycles. The molecule has 0 amide bonds. The van der Waals surface area contributed by atoms with Gasteiger partial charge in [-0.05, 0) is 13.8 Å². The average molecular weight is 263 g/mol.